The first-order chi connectivity index (χ1) is 11.1. The van der Waals surface area contributed by atoms with Gasteiger partial charge in [-0.15, -0.1) is 12.4 Å². The number of hydrogen-bond donors (Lipinski definition) is 2. The number of carbonyl (C=O) groups is 1. The SMILES string of the molecule is CC(NC(=O)C(C)C1CNC1)c1noc(Cc2ccccc2)n1.Cl. The van der Waals surface area contributed by atoms with E-state index < -0.39 is 0 Å². The zero-order valence-electron chi connectivity index (χ0n) is 13.9. The minimum atomic E-state index is -0.258. The van der Waals surface area contributed by atoms with Crippen LogP contribution in [-0.4, -0.2) is 29.1 Å². The number of carbonyl (C=O) groups excluding carboxylic acids is 1. The molecule has 3 rings (SSSR count). The van der Waals surface area contributed by atoms with Crippen molar-refractivity contribution in [1.82, 2.24) is 20.8 Å². The number of halogens is 1. The molecule has 2 N–H and O–H groups in total. The first-order valence-corrected chi connectivity index (χ1v) is 8.01. The number of amides is 1. The van der Waals surface area contributed by atoms with Gasteiger partial charge in [-0.2, -0.15) is 4.98 Å². The Morgan fingerprint density at radius 3 is 2.67 bits per heavy atom. The second kappa shape index (κ2) is 8.26. The van der Waals surface area contributed by atoms with Crippen LogP contribution in [0.5, 0.6) is 0 Å². The zero-order chi connectivity index (χ0) is 16.2. The topological polar surface area (TPSA) is 80.0 Å². The van der Waals surface area contributed by atoms with Gasteiger partial charge in [0.15, 0.2) is 5.82 Å². The van der Waals surface area contributed by atoms with Crippen molar-refractivity contribution in [2.45, 2.75) is 26.3 Å². The fourth-order valence-electron chi connectivity index (χ4n) is 2.57. The lowest BCUT2D eigenvalue weighted by atomic mass is 9.88. The molecule has 0 aliphatic carbocycles. The lowest BCUT2D eigenvalue weighted by Crippen LogP contribution is -2.49. The van der Waals surface area contributed by atoms with E-state index in [0.29, 0.717) is 24.1 Å². The molecule has 2 unspecified atom stereocenters. The largest absolute Gasteiger partial charge is 0.346 e. The first-order valence-electron chi connectivity index (χ1n) is 8.01. The first kappa shape index (κ1) is 18.4. The number of hydrogen-bond acceptors (Lipinski definition) is 5. The van der Waals surface area contributed by atoms with E-state index in [4.69, 9.17) is 4.52 Å². The Labute approximate surface area is 147 Å². The third kappa shape index (κ3) is 4.33. The number of benzene rings is 1. The van der Waals surface area contributed by atoms with E-state index in [1.807, 2.05) is 44.2 Å². The summed E-state index contributed by atoms with van der Waals surface area (Å²) < 4.78 is 5.29. The van der Waals surface area contributed by atoms with Gasteiger partial charge in [-0.1, -0.05) is 42.4 Å². The van der Waals surface area contributed by atoms with Crippen molar-refractivity contribution in [3.05, 3.63) is 47.6 Å². The lowest BCUT2D eigenvalue weighted by molar-refractivity contribution is -0.127. The van der Waals surface area contributed by atoms with E-state index in [0.717, 1.165) is 18.7 Å². The molecule has 2 aromatic rings. The summed E-state index contributed by atoms with van der Waals surface area (Å²) in [5.41, 5.74) is 1.12. The van der Waals surface area contributed by atoms with Gasteiger partial charge >= 0.3 is 0 Å². The lowest BCUT2D eigenvalue weighted by Gasteiger charge is -2.32. The van der Waals surface area contributed by atoms with Crippen molar-refractivity contribution in [3.63, 3.8) is 0 Å². The van der Waals surface area contributed by atoms with E-state index in [1.165, 1.54) is 0 Å². The Morgan fingerprint density at radius 1 is 1.33 bits per heavy atom. The van der Waals surface area contributed by atoms with Crippen LogP contribution in [0.2, 0.25) is 0 Å². The van der Waals surface area contributed by atoms with E-state index in [2.05, 4.69) is 20.8 Å². The van der Waals surface area contributed by atoms with Gasteiger partial charge in [-0.05, 0) is 31.5 Å². The molecule has 0 saturated carbocycles. The van der Waals surface area contributed by atoms with Gasteiger partial charge in [-0.3, -0.25) is 4.79 Å². The fourth-order valence-corrected chi connectivity index (χ4v) is 2.57. The highest BCUT2D eigenvalue weighted by Crippen LogP contribution is 2.18. The van der Waals surface area contributed by atoms with E-state index in [1.54, 1.807) is 0 Å². The smallest absolute Gasteiger partial charge is 0.231 e. The highest BCUT2D eigenvalue weighted by molar-refractivity contribution is 5.85. The molecule has 130 valence electrons. The van der Waals surface area contributed by atoms with Crippen LogP contribution in [0.4, 0.5) is 0 Å². The third-order valence-electron chi connectivity index (χ3n) is 4.36. The molecule has 1 aromatic heterocycles. The third-order valence-corrected chi connectivity index (χ3v) is 4.36. The maximum Gasteiger partial charge on any atom is 0.231 e. The molecule has 1 aromatic carbocycles. The normalized spacial score (nSPS) is 16.6. The molecule has 1 aliphatic rings. The molecule has 24 heavy (non-hydrogen) atoms. The zero-order valence-corrected chi connectivity index (χ0v) is 14.7. The van der Waals surface area contributed by atoms with Crippen LogP contribution in [0.3, 0.4) is 0 Å². The second-order valence-corrected chi connectivity index (χ2v) is 6.15. The molecule has 1 amide bonds. The summed E-state index contributed by atoms with van der Waals surface area (Å²) in [6, 6.07) is 9.70. The van der Waals surface area contributed by atoms with Crippen LogP contribution >= 0.6 is 12.4 Å². The van der Waals surface area contributed by atoms with Crippen molar-refractivity contribution in [2.24, 2.45) is 11.8 Å². The van der Waals surface area contributed by atoms with Gasteiger partial charge in [0.2, 0.25) is 11.8 Å². The summed E-state index contributed by atoms with van der Waals surface area (Å²) in [7, 11) is 0. The van der Waals surface area contributed by atoms with E-state index in [-0.39, 0.29) is 30.3 Å². The molecule has 1 saturated heterocycles. The molecule has 1 fully saturated rings. The number of rotatable bonds is 6. The minimum absolute atomic E-state index is 0. The molecule has 6 nitrogen and oxygen atoms in total. The second-order valence-electron chi connectivity index (χ2n) is 6.15. The highest BCUT2D eigenvalue weighted by Gasteiger charge is 2.30. The van der Waals surface area contributed by atoms with Gasteiger partial charge in [0.25, 0.3) is 0 Å². The number of nitrogens with one attached hydrogen (secondary N) is 2. The van der Waals surface area contributed by atoms with Crippen LogP contribution in [0.15, 0.2) is 34.9 Å². The van der Waals surface area contributed by atoms with Crippen molar-refractivity contribution in [3.8, 4) is 0 Å². The average molecular weight is 351 g/mol. The van der Waals surface area contributed by atoms with Crippen molar-refractivity contribution >= 4 is 18.3 Å². The van der Waals surface area contributed by atoms with Crippen molar-refractivity contribution < 1.29 is 9.32 Å². The summed E-state index contributed by atoms with van der Waals surface area (Å²) in [6.45, 7) is 5.66. The number of aromatic nitrogens is 2. The molecule has 1 aliphatic heterocycles. The van der Waals surface area contributed by atoms with E-state index in [9.17, 15) is 4.79 Å². The van der Waals surface area contributed by atoms with Gasteiger partial charge in [0.05, 0.1) is 12.5 Å². The molecule has 2 heterocycles. The summed E-state index contributed by atoms with van der Waals surface area (Å²) in [5.74, 6) is 1.53. The fraction of sp³-hybridized carbons (Fsp3) is 0.471. The van der Waals surface area contributed by atoms with Crippen molar-refractivity contribution in [2.75, 3.05) is 13.1 Å². The Balaban J connectivity index is 0.00000208. The molecular weight excluding hydrogens is 328 g/mol. The molecule has 0 bridgehead atoms. The Morgan fingerprint density at radius 2 is 2.04 bits per heavy atom. The van der Waals surface area contributed by atoms with Crippen LogP contribution in [0, 0.1) is 11.8 Å². The van der Waals surface area contributed by atoms with Crippen LogP contribution < -0.4 is 10.6 Å². The minimum Gasteiger partial charge on any atom is -0.346 e. The molecule has 0 spiro atoms. The maximum absolute atomic E-state index is 12.2. The monoisotopic (exact) mass is 350 g/mol. The van der Waals surface area contributed by atoms with Gasteiger partial charge in [0, 0.05) is 5.92 Å². The Bertz CT molecular complexity index is 658. The van der Waals surface area contributed by atoms with Gasteiger partial charge in [0.1, 0.15) is 0 Å². The van der Waals surface area contributed by atoms with Crippen molar-refractivity contribution in [1.29, 1.82) is 0 Å². The Kier molecular flexibility index (Phi) is 6.34. The Hall–Kier alpha value is -1.92. The molecule has 0 radical (unpaired) electrons. The van der Waals surface area contributed by atoms with Crippen LogP contribution in [0.1, 0.15) is 37.2 Å². The molecule has 7 heteroatoms. The standard InChI is InChI=1S/C17H22N4O2.ClH/c1-11(14-9-18-10-14)17(22)19-12(2)16-20-15(23-21-16)8-13-6-4-3-5-7-13;/h3-7,11-12,14,18H,8-10H2,1-2H3,(H,19,22);1H. The predicted octanol–water partition coefficient (Wildman–Crippen LogP) is 2.11. The molecular formula is C17H23ClN4O2. The van der Waals surface area contributed by atoms with Crippen LogP contribution in [-0.2, 0) is 11.2 Å². The summed E-state index contributed by atoms with van der Waals surface area (Å²) in [4.78, 5) is 16.6. The highest BCUT2D eigenvalue weighted by atomic mass is 35.5. The van der Waals surface area contributed by atoms with Gasteiger partial charge in [-0.25, -0.2) is 0 Å². The molecule has 2 atom stereocenters. The quantitative estimate of drug-likeness (QED) is 0.834. The average Bonchev–Trinajstić information content (AvgIpc) is 2.95. The summed E-state index contributed by atoms with van der Waals surface area (Å²) in [5, 5.41) is 10.1. The predicted molar refractivity (Wildman–Crippen MR) is 92.9 cm³/mol. The van der Waals surface area contributed by atoms with Gasteiger partial charge < -0.3 is 15.2 Å². The summed E-state index contributed by atoms with van der Waals surface area (Å²) >= 11 is 0. The maximum atomic E-state index is 12.2. The summed E-state index contributed by atoms with van der Waals surface area (Å²) in [6.07, 6.45) is 0.596. The van der Waals surface area contributed by atoms with Crippen LogP contribution in [0.25, 0.3) is 0 Å². The van der Waals surface area contributed by atoms with E-state index >= 15 is 0 Å². The number of nitrogens with zero attached hydrogens (tertiary/aromatic N) is 2.